The van der Waals surface area contributed by atoms with Crippen LogP contribution in [0, 0.1) is 5.92 Å². The lowest BCUT2D eigenvalue weighted by Gasteiger charge is -2.36. The van der Waals surface area contributed by atoms with E-state index in [1.165, 1.54) is 32.5 Å². The van der Waals surface area contributed by atoms with Gasteiger partial charge >= 0.3 is 0 Å². The molecule has 0 spiro atoms. The number of likely N-dealkylation sites (tertiary alicyclic amines) is 2. The van der Waals surface area contributed by atoms with E-state index in [2.05, 4.69) is 30.7 Å². The topological polar surface area (TPSA) is 15.7 Å². The Balaban J connectivity index is 1.77. The molecule has 2 heterocycles. The first-order valence-corrected chi connectivity index (χ1v) is 6.71. The zero-order valence-corrected chi connectivity index (χ0v) is 11.0. The fourth-order valence-corrected chi connectivity index (χ4v) is 3.07. The van der Waals surface area contributed by atoms with Crippen molar-refractivity contribution in [3.05, 3.63) is 0 Å². The zero-order valence-electron chi connectivity index (χ0n) is 11.0. The van der Waals surface area contributed by atoms with Crippen LogP contribution in [0.25, 0.3) is 0 Å². The third-order valence-corrected chi connectivity index (χ3v) is 4.01. The molecule has 2 aliphatic rings. The molecule has 2 rings (SSSR count). The molecule has 0 aromatic rings. The second kappa shape index (κ2) is 5.48. The third-order valence-electron chi connectivity index (χ3n) is 4.01. The normalized spacial score (nSPS) is 32.2. The van der Waals surface area contributed by atoms with Crippen molar-refractivity contribution >= 4 is 0 Å². The van der Waals surface area contributed by atoms with Crippen LogP contribution in [0.15, 0.2) is 0 Å². The van der Waals surface area contributed by atoms with Gasteiger partial charge in [0.25, 0.3) is 0 Å². The standard InChI is InChI=1S/C13H26N2O/c1-11(2)16-9-8-15-7-5-12-4-6-14(3)10-13(12)15/h11-13H,4-10H2,1-3H3. The predicted octanol–water partition coefficient (Wildman–Crippen LogP) is 1.44. The van der Waals surface area contributed by atoms with E-state index in [0.29, 0.717) is 6.10 Å². The fourth-order valence-electron chi connectivity index (χ4n) is 3.07. The summed E-state index contributed by atoms with van der Waals surface area (Å²) in [6.45, 7) is 10.1. The number of piperidine rings is 1. The van der Waals surface area contributed by atoms with Crippen LogP contribution in [0.1, 0.15) is 26.7 Å². The van der Waals surface area contributed by atoms with Crippen molar-refractivity contribution in [2.45, 2.75) is 38.8 Å². The van der Waals surface area contributed by atoms with Crippen molar-refractivity contribution in [1.29, 1.82) is 0 Å². The number of ether oxygens (including phenoxy) is 1. The fraction of sp³-hybridized carbons (Fsp3) is 1.00. The van der Waals surface area contributed by atoms with E-state index in [1.807, 2.05) is 0 Å². The molecule has 2 fully saturated rings. The van der Waals surface area contributed by atoms with Gasteiger partial charge in [0.05, 0.1) is 12.7 Å². The summed E-state index contributed by atoms with van der Waals surface area (Å²) >= 11 is 0. The Morgan fingerprint density at radius 2 is 2.00 bits per heavy atom. The van der Waals surface area contributed by atoms with Crippen LogP contribution in [0.5, 0.6) is 0 Å². The number of hydrogen-bond donors (Lipinski definition) is 0. The minimum Gasteiger partial charge on any atom is -0.377 e. The van der Waals surface area contributed by atoms with E-state index in [0.717, 1.165) is 25.1 Å². The molecular formula is C13H26N2O. The lowest BCUT2D eigenvalue weighted by molar-refractivity contribution is 0.0442. The Hall–Kier alpha value is -0.120. The highest BCUT2D eigenvalue weighted by Crippen LogP contribution is 2.30. The third kappa shape index (κ3) is 2.96. The molecule has 0 amide bonds. The smallest absolute Gasteiger partial charge is 0.0597 e. The van der Waals surface area contributed by atoms with Crippen molar-refractivity contribution in [2.24, 2.45) is 5.92 Å². The van der Waals surface area contributed by atoms with Crippen molar-refractivity contribution in [3.63, 3.8) is 0 Å². The molecule has 0 aromatic carbocycles. The first-order chi connectivity index (χ1) is 7.66. The second-order valence-corrected chi connectivity index (χ2v) is 5.62. The first-order valence-electron chi connectivity index (χ1n) is 6.71. The van der Waals surface area contributed by atoms with E-state index >= 15 is 0 Å². The molecular weight excluding hydrogens is 200 g/mol. The van der Waals surface area contributed by atoms with Gasteiger partial charge in [0.2, 0.25) is 0 Å². The van der Waals surface area contributed by atoms with Crippen LogP contribution in [-0.4, -0.2) is 61.8 Å². The summed E-state index contributed by atoms with van der Waals surface area (Å²) in [5.74, 6) is 0.954. The summed E-state index contributed by atoms with van der Waals surface area (Å²) in [6.07, 6.45) is 3.16. The molecule has 3 heteroatoms. The average Bonchev–Trinajstić information content (AvgIpc) is 2.60. The molecule has 3 nitrogen and oxygen atoms in total. The SMILES string of the molecule is CC(C)OCCN1CCC2CCN(C)CC21. The predicted molar refractivity (Wildman–Crippen MR) is 66.7 cm³/mol. The Bertz CT molecular complexity index is 220. The number of rotatable bonds is 4. The number of nitrogens with zero attached hydrogens (tertiary/aromatic N) is 2. The maximum atomic E-state index is 5.66. The summed E-state index contributed by atoms with van der Waals surface area (Å²) in [5, 5.41) is 0. The molecule has 16 heavy (non-hydrogen) atoms. The van der Waals surface area contributed by atoms with Crippen LogP contribution in [-0.2, 0) is 4.74 Å². The van der Waals surface area contributed by atoms with Gasteiger partial charge in [-0.05, 0) is 52.7 Å². The van der Waals surface area contributed by atoms with Gasteiger partial charge in [0.1, 0.15) is 0 Å². The number of hydrogen-bond acceptors (Lipinski definition) is 3. The van der Waals surface area contributed by atoms with Gasteiger partial charge in [0, 0.05) is 19.1 Å². The van der Waals surface area contributed by atoms with Gasteiger partial charge in [-0.2, -0.15) is 0 Å². The van der Waals surface area contributed by atoms with Crippen molar-refractivity contribution in [2.75, 3.05) is 39.8 Å². The molecule has 94 valence electrons. The molecule has 2 saturated heterocycles. The molecule has 2 unspecified atom stereocenters. The molecule has 0 radical (unpaired) electrons. The summed E-state index contributed by atoms with van der Waals surface area (Å²) in [7, 11) is 2.25. The molecule has 0 bridgehead atoms. The van der Waals surface area contributed by atoms with Gasteiger partial charge in [-0.25, -0.2) is 0 Å². The minimum atomic E-state index is 0.368. The Kier molecular flexibility index (Phi) is 4.22. The lowest BCUT2D eigenvalue weighted by Crippen LogP contribution is -2.47. The Morgan fingerprint density at radius 3 is 2.75 bits per heavy atom. The minimum absolute atomic E-state index is 0.368. The molecule has 0 saturated carbocycles. The van der Waals surface area contributed by atoms with Gasteiger partial charge in [0.15, 0.2) is 0 Å². The van der Waals surface area contributed by atoms with Gasteiger partial charge in [-0.3, -0.25) is 4.90 Å². The van der Waals surface area contributed by atoms with Crippen LogP contribution < -0.4 is 0 Å². The van der Waals surface area contributed by atoms with Crippen LogP contribution >= 0.6 is 0 Å². The largest absolute Gasteiger partial charge is 0.377 e. The molecule has 2 atom stereocenters. The van der Waals surface area contributed by atoms with Crippen molar-refractivity contribution < 1.29 is 4.74 Å². The summed E-state index contributed by atoms with van der Waals surface area (Å²) in [4.78, 5) is 5.12. The quantitative estimate of drug-likeness (QED) is 0.721. The maximum absolute atomic E-state index is 5.66. The highest BCUT2D eigenvalue weighted by molar-refractivity contribution is 4.92. The average molecular weight is 226 g/mol. The van der Waals surface area contributed by atoms with Crippen LogP contribution in [0.2, 0.25) is 0 Å². The van der Waals surface area contributed by atoms with E-state index in [-0.39, 0.29) is 0 Å². The Labute approximate surface area is 99.7 Å². The monoisotopic (exact) mass is 226 g/mol. The van der Waals surface area contributed by atoms with Gasteiger partial charge in [-0.1, -0.05) is 0 Å². The molecule has 2 aliphatic heterocycles. The van der Waals surface area contributed by atoms with Crippen LogP contribution in [0.4, 0.5) is 0 Å². The molecule has 0 N–H and O–H groups in total. The second-order valence-electron chi connectivity index (χ2n) is 5.62. The maximum Gasteiger partial charge on any atom is 0.0597 e. The first kappa shape index (κ1) is 12.3. The highest BCUT2D eigenvalue weighted by Gasteiger charge is 2.36. The van der Waals surface area contributed by atoms with Crippen LogP contribution in [0.3, 0.4) is 0 Å². The van der Waals surface area contributed by atoms with E-state index < -0.39 is 0 Å². The highest BCUT2D eigenvalue weighted by atomic mass is 16.5. The van der Waals surface area contributed by atoms with E-state index in [4.69, 9.17) is 4.74 Å². The zero-order chi connectivity index (χ0) is 11.5. The number of likely N-dealkylation sites (N-methyl/N-ethyl adjacent to an activating group) is 1. The summed E-state index contributed by atoms with van der Waals surface area (Å²) in [6, 6.07) is 0.800. The van der Waals surface area contributed by atoms with Crippen molar-refractivity contribution in [1.82, 2.24) is 9.80 Å². The number of fused-ring (bicyclic) bond motifs is 1. The van der Waals surface area contributed by atoms with E-state index in [9.17, 15) is 0 Å². The summed E-state index contributed by atoms with van der Waals surface area (Å²) < 4.78 is 5.66. The van der Waals surface area contributed by atoms with Crippen molar-refractivity contribution in [3.8, 4) is 0 Å². The molecule has 0 aliphatic carbocycles. The van der Waals surface area contributed by atoms with Gasteiger partial charge in [-0.15, -0.1) is 0 Å². The molecule has 0 aromatic heterocycles. The Morgan fingerprint density at radius 1 is 1.25 bits per heavy atom. The summed E-state index contributed by atoms with van der Waals surface area (Å²) in [5.41, 5.74) is 0. The van der Waals surface area contributed by atoms with E-state index in [1.54, 1.807) is 0 Å². The van der Waals surface area contributed by atoms with Gasteiger partial charge < -0.3 is 9.64 Å². The lowest BCUT2D eigenvalue weighted by atomic mass is 9.92.